The number of cyclic esters (lactones) is 1. The van der Waals surface area contributed by atoms with Gasteiger partial charge < -0.3 is 73.6 Å². The summed E-state index contributed by atoms with van der Waals surface area (Å²) in [7, 11) is 0. The Morgan fingerprint density at radius 3 is 2.34 bits per heavy atom. The Kier molecular flexibility index (Phi) is 11.7. The number of rotatable bonds is 9. The number of hydrogen-bond donors (Lipinski definition) is 7. The highest BCUT2D eigenvalue weighted by atomic mass is 16.7. The largest absolute Gasteiger partial charge is 0.462 e. The van der Waals surface area contributed by atoms with E-state index in [1.807, 2.05) is 0 Å². The number of aliphatic hydroxyl groups excluding tert-OH is 5. The van der Waals surface area contributed by atoms with E-state index in [-0.39, 0.29) is 48.9 Å². The second-order valence-corrected chi connectivity index (χ2v) is 19.0. The van der Waals surface area contributed by atoms with Crippen LogP contribution in [-0.4, -0.2) is 159 Å². The summed E-state index contributed by atoms with van der Waals surface area (Å²) in [5, 5.41) is 75.9. The number of hydrogen-bond acceptors (Lipinski definition) is 17. The molecule has 58 heavy (non-hydrogen) atoms. The van der Waals surface area contributed by atoms with E-state index in [0.717, 1.165) is 50.5 Å². The van der Waals surface area contributed by atoms with Crippen LogP contribution in [0.4, 0.5) is 0 Å². The fraction of sp³-hybridized carbons (Fsp3) is 0.902. The summed E-state index contributed by atoms with van der Waals surface area (Å²) in [6, 6.07) is 0. The van der Waals surface area contributed by atoms with Gasteiger partial charge in [0.2, 0.25) is 0 Å². The molecule has 4 heterocycles. The summed E-state index contributed by atoms with van der Waals surface area (Å²) in [6.07, 6.45) is -4.84. The molecule has 4 saturated carbocycles. The molecular formula is C41H62O17. The lowest BCUT2D eigenvalue weighted by atomic mass is 9.43. The van der Waals surface area contributed by atoms with Crippen molar-refractivity contribution in [1.29, 1.82) is 0 Å². The topological polar surface area (TPSA) is 250 Å². The molecule has 0 radical (unpaired) electrons. The smallest absolute Gasteiger partial charge is 0.331 e. The van der Waals surface area contributed by atoms with Crippen molar-refractivity contribution in [2.75, 3.05) is 26.4 Å². The minimum atomic E-state index is -1.95. The maximum Gasteiger partial charge on any atom is 0.331 e. The highest BCUT2D eigenvalue weighted by molar-refractivity contribution is 5.85. The second kappa shape index (κ2) is 15.8. The minimum Gasteiger partial charge on any atom is -0.462 e. The van der Waals surface area contributed by atoms with E-state index < -0.39 is 109 Å². The summed E-state index contributed by atoms with van der Waals surface area (Å²) in [4.78, 5) is 24.4. The lowest BCUT2D eigenvalue weighted by Crippen LogP contribution is -2.62. The first-order chi connectivity index (χ1) is 27.4. The van der Waals surface area contributed by atoms with Crippen molar-refractivity contribution in [3.05, 3.63) is 11.6 Å². The summed E-state index contributed by atoms with van der Waals surface area (Å²) in [6.45, 7) is 6.25. The number of aliphatic hydroxyl groups is 7. The van der Waals surface area contributed by atoms with E-state index in [1.165, 1.54) is 13.0 Å². The Balaban J connectivity index is 0.870. The normalized spacial score (nSPS) is 52.9. The van der Waals surface area contributed by atoms with Gasteiger partial charge >= 0.3 is 11.9 Å². The van der Waals surface area contributed by atoms with Crippen LogP contribution in [0.25, 0.3) is 0 Å². The van der Waals surface area contributed by atoms with Crippen LogP contribution in [0, 0.1) is 34.5 Å². The number of esters is 2. The zero-order valence-electron chi connectivity index (χ0n) is 33.7. The zero-order valence-corrected chi connectivity index (χ0v) is 33.7. The first-order valence-electron chi connectivity index (χ1n) is 21.1. The van der Waals surface area contributed by atoms with E-state index in [0.29, 0.717) is 12.3 Å². The van der Waals surface area contributed by atoms with Crippen molar-refractivity contribution >= 4 is 11.9 Å². The molecule has 7 fully saturated rings. The van der Waals surface area contributed by atoms with Crippen molar-refractivity contribution < 1.29 is 83.2 Å². The molecule has 0 aromatic rings. The maximum atomic E-state index is 12.8. The Bertz CT molecular complexity index is 1570. The highest BCUT2D eigenvalue weighted by Gasteiger charge is 2.71. The first kappa shape index (κ1) is 42.8. The molecule has 4 aliphatic carbocycles. The van der Waals surface area contributed by atoms with Crippen molar-refractivity contribution in [3.63, 3.8) is 0 Å². The maximum absolute atomic E-state index is 12.8. The molecule has 20 atom stereocenters. The van der Waals surface area contributed by atoms with Crippen molar-refractivity contribution in [1.82, 2.24) is 0 Å². The molecule has 0 aromatic heterocycles. The van der Waals surface area contributed by atoms with E-state index in [1.54, 1.807) is 6.92 Å². The van der Waals surface area contributed by atoms with Crippen LogP contribution >= 0.6 is 0 Å². The second-order valence-electron chi connectivity index (χ2n) is 19.0. The summed E-state index contributed by atoms with van der Waals surface area (Å²) in [5.74, 6) is -0.500. The van der Waals surface area contributed by atoms with E-state index in [4.69, 9.17) is 37.9 Å². The van der Waals surface area contributed by atoms with Gasteiger partial charge in [-0.3, -0.25) is 4.79 Å². The third-order valence-corrected chi connectivity index (χ3v) is 15.8. The number of ether oxygens (including phenoxy) is 8. The van der Waals surface area contributed by atoms with Crippen molar-refractivity contribution in [2.45, 2.75) is 170 Å². The molecule has 0 aromatic carbocycles. The minimum absolute atomic E-state index is 0.00642. The standard InChI is InChI=1S/C41H62O17/c1-19-33(57-36-32(47)34(27(45)16-52-36)58-37-35(48)40(49,17-42)18-53-37)26(44)13-30(54-19)56-23-7-9-38(3)22(12-23)5-6-25-24(38)8-10-39(4)31(21-11-29(46)51-15-21)28(55-20(2)43)14-41(25,39)50/h11,19,22-28,30-37,42,44-45,47-50H,5-10,12-18H2,1-4H3. The summed E-state index contributed by atoms with van der Waals surface area (Å²) >= 11 is 0. The van der Waals surface area contributed by atoms with Crippen LogP contribution in [0.15, 0.2) is 11.6 Å². The Morgan fingerprint density at radius 2 is 1.67 bits per heavy atom. The predicted molar refractivity (Wildman–Crippen MR) is 196 cm³/mol. The van der Waals surface area contributed by atoms with Gasteiger partial charge in [0.15, 0.2) is 18.9 Å². The lowest BCUT2D eigenvalue weighted by molar-refractivity contribution is -0.341. The average Bonchev–Trinajstić information content (AvgIpc) is 3.78. The fourth-order valence-electron chi connectivity index (χ4n) is 12.7. The van der Waals surface area contributed by atoms with Gasteiger partial charge in [0.25, 0.3) is 0 Å². The molecule has 0 bridgehead atoms. The van der Waals surface area contributed by atoms with Crippen molar-refractivity contribution in [3.8, 4) is 0 Å². The number of fused-ring (bicyclic) bond motifs is 5. The van der Waals surface area contributed by atoms with Crippen LogP contribution in [0.3, 0.4) is 0 Å². The van der Waals surface area contributed by atoms with E-state index in [2.05, 4.69) is 13.8 Å². The summed E-state index contributed by atoms with van der Waals surface area (Å²) in [5.41, 5.74) is -2.87. The molecule has 0 spiro atoms. The Labute approximate surface area is 337 Å². The molecular weight excluding hydrogens is 764 g/mol. The summed E-state index contributed by atoms with van der Waals surface area (Å²) < 4.78 is 46.5. The van der Waals surface area contributed by atoms with E-state index in [9.17, 15) is 45.3 Å². The molecule has 4 aliphatic heterocycles. The van der Waals surface area contributed by atoms with Crippen LogP contribution in [0.1, 0.15) is 85.5 Å². The molecule has 3 saturated heterocycles. The Hall–Kier alpha value is -1.84. The van der Waals surface area contributed by atoms with Gasteiger partial charge in [0.05, 0.1) is 43.7 Å². The molecule has 17 nitrogen and oxygen atoms in total. The Morgan fingerprint density at radius 1 is 0.914 bits per heavy atom. The highest BCUT2D eigenvalue weighted by Crippen LogP contribution is 2.70. The van der Waals surface area contributed by atoms with Gasteiger partial charge in [-0.1, -0.05) is 13.8 Å². The van der Waals surface area contributed by atoms with Crippen LogP contribution < -0.4 is 0 Å². The molecule has 7 N–H and O–H groups in total. The van der Waals surface area contributed by atoms with Crippen LogP contribution in [-0.2, 0) is 47.5 Å². The van der Waals surface area contributed by atoms with Gasteiger partial charge in [-0.25, -0.2) is 4.79 Å². The van der Waals surface area contributed by atoms with Crippen LogP contribution in [0.5, 0.6) is 0 Å². The van der Waals surface area contributed by atoms with Gasteiger partial charge in [-0.2, -0.15) is 0 Å². The quantitative estimate of drug-likeness (QED) is 0.119. The SMILES string of the molecule is CC(=O)OC1CC2(O)C3CCC4CC(OC5CC(O)C(OC6OCC(O)C(OC7OCC(O)(CO)C7O)C6O)C(C)O5)CCC4(C)C3CCC2(C)C1C1=CC(=O)OC1. The van der Waals surface area contributed by atoms with Gasteiger partial charge in [0, 0.05) is 37.2 Å². The first-order valence-corrected chi connectivity index (χ1v) is 21.1. The monoisotopic (exact) mass is 826 g/mol. The molecule has 328 valence electrons. The fourth-order valence-corrected chi connectivity index (χ4v) is 12.7. The van der Waals surface area contributed by atoms with Crippen molar-refractivity contribution in [2.24, 2.45) is 34.5 Å². The zero-order chi connectivity index (χ0) is 41.5. The average molecular weight is 827 g/mol. The van der Waals surface area contributed by atoms with Gasteiger partial charge in [0.1, 0.15) is 48.8 Å². The molecule has 8 rings (SSSR count). The lowest BCUT2D eigenvalue weighted by Gasteiger charge is -2.63. The molecule has 17 heteroatoms. The number of carbonyl (C=O) groups is 2. The third kappa shape index (κ3) is 7.16. The van der Waals surface area contributed by atoms with Gasteiger partial charge in [-0.05, 0) is 80.6 Å². The van der Waals surface area contributed by atoms with E-state index >= 15 is 0 Å². The van der Waals surface area contributed by atoms with Gasteiger partial charge in [-0.15, -0.1) is 0 Å². The number of carbonyl (C=O) groups excluding carboxylic acids is 2. The molecule has 8 aliphatic rings. The third-order valence-electron chi connectivity index (χ3n) is 15.8. The predicted octanol–water partition coefficient (Wildman–Crippen LogP) is -0.0449. The van der Waals surface area contributed by atoms with Crippen LogP contribution in [0.2, 0.25) is 0 Å². The molecule has 0 amide bonds. The molecule has 20 unspecified atom stereocenters.